The number of rotatable bonds is 0. The molecule has 0 amide bonds. The molecule has 0 radical (unpaired) electrons. The number of benzene rings is 5. The van der Waals surface area contributed by atoms with E-state index in [1.54, 1.807) is 0 Å². The van der Waals surface area contributed by atoms with Gasteiger partial charge >= 0.3 is 0 Å². The molecule has 0 atom stereocenters. The molecule has 0 aliphatic heterocycles. The fraction of sp³-hybridized carbons (Fsp3) is 0.348. The van der Waals surface area contributed by atoms with Crippen LogP contribution in [0.3, 0.4) is 0 Å². The van der Waals surface area contributed by atoms with E-state index in [1.165, 1.54) is 89.0 Å². The van der Waals surface area contributed by atoms with Gasteiger partial charge in [0.25, 0.3) is 0 Å². The molecule has 0 saturated heterocycles. The molecule has 0 unspecified atom stereocenters. The van der Waals surface area contributed by atoms with Gasteiger partial charge < -0.3 is 0 Å². The molecule has 246 valence electrons. The highest BCUT2D eigenvalue weighted by molar-refractivity contribution is 5.48. The Bertz CT molecular complexity index is 1450. The summed E-state index contributed by atoms with van der Waals surface area (Å²) in [6, 6.07) is 29.8. The van der Waals surface area contributed by atoms with Gasteiger partial charge in [0.15, 0.2) is 0 Å². The topological polar surface area (TPSA) is 0 Å². The molecule has 46 heavy (non-hydrogen) atoms. The molecular weight excluding hydrogens is 553 g/mol. The smallest absolute Gasteiger partial charge is 0.0392 e. The molecule has 0 fully saturated rings. The number of aryl methyl sites for hydroxylation is 10. The van der Waals surface area contributed by atoms with E-state index in [9.17, 15) is 0 Å². The van der Waals surface area contributed by atoms with E-state index in [0.29, 0.717) is 0 Å². The second-order valence-corrected chi connectivity index (χ2v) is 13.2. The highest BCUT2D eigenvalue weighted by Crippen LogP contribution is 2.24. The average Bonchev–Trinajstić information content (AvgIpc) is 3.01. The Hall–Kier alpha value is -3.90. The van der Waals surface area contributed by atoms with E-state index < -0.39 is 0 Å². The standard InChI is InChI=1S/C12H18.C10H14.3C8H10/c1-7-8(2)10(4)12(6)11(5)9(7)3;1-7-5-9(3)10(4)6-8(7)2;1-7-3-5-8(2)6-4-7;1-7-4-3-5-8(2)6-7;1-7-5-3-4-6-8(7)2/h1-6H3;5-6H,1-4H3;3*3-6H,1-2H3. The first-order valence-electron chi connectivity index (χ1n) is 16.6. The van der Waals surface area contributed by atoms with Gasteiger partial charge in [-0.1, -0.05) is 107 Å². The summed E-state index contributed by atoms with van der Waals surface area (Å²) in [5.41, 5.74) is 22.4. The van der Waals surface area contributed by atoms with Gasteiger partial charge in [0.2, 0.25) is 0 Å². The molecule has 5 rings (SSSR count). The monoisotopic (exact) mass is 614 g/mol. The number of hydrogen-bond donors (Lipinski definition) is 0. The van der Waals surface area contributed by atoms with Gasteiger partial charge in [-0.05, 0) is 178 Å². The van der Waals surface area contributed by atoms with Gasteiger partial charge in [0.1, 0.15) is 0 Å². The fourth-order valence-corrected chi connectivity index (χ4v) is 4.90. The van der Waals surface area contributed by atoms with Crippen molar-refractivity contribution in [3.05, 3.63) is 174 Å². The summed E-state index contributed by atoms with van der Waals surface area (Å²) in [6.07, 6.45) is 0. The van der Waals surface area contributed by atoms with Crippen LogP contribution in [0.2, 0.25) is 0 Å². The zero-order chi connectivity index (χ0) is 35.1. The van der Waals surface area contributed by atoms with Gasteiger partial charge in [0.05, 0.1) is 0 Å². The van der Waals surface area contributed by atoms with Crippen LogP contribution in [0.5, 0.6) is 0 Å². The molecule has 5 aromatic rings. The summed E-state index contributed by atoms with van der Waals surface area (Å²) in [4.78, 5) is 0. The van der Waals surface area contributed by atoms with Gasteiger partial charge in [-0.2, -0.15) is 0 Å². The largest absolute Gasteiger partial charge is 0.0620 e. The Kier molecular flexibility index (Phi) is 17.1. The molecule has 0 aliphatic carbocycles. The van der Waals surface area contributed by atoms with E-state index in [4.69, 9.17) is 0 Å². The highest BCUT2D eigenvalue weighted by Gasteiger charge is 2.07. The maximum Gasteiger partial charge on any atom is -0.0392 e. The van der Waals surface area contributed by atoms with E-state index >= 15 is 0 Å². The van der Waals surface area contributed by atoms with Crippen molar-refractivity contribution in [3.8, 4) is 0 Å². The molecule has 0 nitrogen and oxygen atoms in total. The van der Waals surface area contributed by atoms with Gasteiger partial charge in [-0.3, -0.25) is 0 Å². The summed E-state index contributed by atoms with van der Waals surface area (Å²) >= 11 is 0. The second kappa shape index (κ2) is 19.6. The maximum absolute atomic E-state index is 2.24. The molecule has 0 heterocycles. The average molecular weight is 615 g/mol. The van der Waals surface area contributed by atoms with Crippen molar-refractivity contribution in [3.63, 3.8) is 0 Å². The third-order valence-electron chi connectivity index (χ3n) is 9.30. The maximum atomic E-state index is 2.24. The molecule has 0 aromatic heterocycles. The Morgan fingerprint density at radius 2 is 0.478 bits per heavy atom. The molecule has 5 aromatic carbocycles. The van der Waals surface area contributed by atoms with Crippen LogP contribution in [-0.2, 0) is 0 Å². The SMILES string of the molecule is Cc1c(C)c(C)c(C)c(C)c1C.Cc1cc(C)c(C)cc1C.Cc1ccc(C)cc1.Cc1cccc(C)c1.Cc1ccccc1C. The van der Waals surface area contributed by atoms with Crippen molar-refractivity contribution in [1.29, 1.82) is 0 Å². The molecule has 0 aliphatic rings. The quantitative estimate of drug-likeness (QED) is 0.163. The summed E-state index contributed by atoms with van der Waals surface area (Å²) < 4.78 is 0. The Balaban J connectivity index is 0.000000290. The first-order chi connectivity index (χ1) is 21.5. The Morgan fingerprint density at radius 1 is 0.217 bits per heavy atom. The lowest BCUT2D eigenvalue weighted by Gasteiger charge is -2.15. The van der Waals surface area contributed by atoms with Crippen LogP contribution in [0, 0.1) is 111 Å². The van der Waals surface area contributed by atoms with Gasteiger partial charge in [0, 0.05) is 0 Å². The van der Waals surface area contributed by atoms with Gasteiger partial charge in [-0.25, -0.2) is 0 Å². The molecule has 0 spiro atoms. The van der Waals surface area contributed by atoms with Crippen molar-refractivity contribution in [2.24, 2.45) is 0 Å². The normalized spacial score (nSPS) is 9.74. The van der Waals surface area contributed by atoms with E-state index in [1.807, 2.05) is 0 Å². The Morgan fingerprint density at radius 3 is 0.674 bits per heavy atom. The highest BCUT2D eigenvalue weighted by atomic mass is 14.1. The first kappa shape index (κ1) is 40.1. The first-order valence-corrected chi connectivity index (χ1v) is 16.6. The lowest BCUT2D eigenvalue weighted by molar-refractivity contribution is 1.13. The third kappa shape index (κ3) is 13.6. The third-order valence-corrected chi connectivity index (χ3v) is 9.30. The second-order valence-electron chi connectivity index (χ2n) is 13.2. The van der Waals surface area contributed by atoms with Gasteiger partial charge in [-0.15, -0.1) is 0 Å². The summed E-state index contributed by atoms with van der Waals surface area (Å²) in [7, 11) is 0. The predicted octanol–water partition coefficient (Wildman–Crippen LogP) is 13.4. The Labute approximate surface area is 284 Å². The summed E-state index contributed by atoms with van der Waals surface area (Å²) in [5, 5.41) is 0. The van der Waals surface area contributed by atoms with Crippen LogP contribution >= 0.6 is 0 Å². The van der Waals surface area contributed by atoms with Crippen molar-refractivity contribution in [2.45, 2.75) is 111 Å². The lowest BCUT2D eigenvalue weighted by atomic mass is 9.90. The van der Waals surface area contributed by atoms with Crippen LogP contribution in [0.15, 0.2) is 84.9 Å². The van der Waals surface area contributed by atoms with Crippen LogP contribution in [0.25, 0.3) is 0 Å². The predicted molar refractivity (Wildman–Crippen MR) is 208 cm³/mol. The molecule has 0 bridgehead atoms. The van der Waals surface area contributed by atoms with E-state index in [0.717, 1.165) is 0 Å². The summed E-state index contributed by atoms with van der Waals surface area (Å²) in [6.45, 7) is 34.5. The zero-order valence-corrected chi connectivity index (χ0v) is 32.1. The fourth-order valence-electron chi connectivity index (χ4n) is 4.90. The van der Waals surface area contributed by atoms with Crippen LogP contribution < -0.4 is 0 Å². The van der Waals surface area contributed by atoms with Crippen molar-refractivity contribution >= 4 is 0 Å². The number of hydrogen-bond acceptors (Lipinski definition) is 0. The van der Waals surface area contributed by atoms with Crippen LogP contribution in [0.4, 0.5) is 0 Å². The van der Waals surface area contributed by atoms with Crippen LogP contribution in [0.1, 0.15) is 89.0 Å². The molecular formula is C46H62. The lowest BCUT2D eigenvalue weighted by Crippen LogP contribution is -1.98. The minimum atomic E-state index is 1.33. The summed E-state index contributed by atoms with van der Waals surface area (Å²) in [5.74, 6) is 0. The molecule has 0 saturated carbocycles. The zero-order valence-electron chi connectivity index (χ0n) is 32.1. The van der Waals surface area contributed by atoms with Crippen LogP contribution in [-0.4, -0.2) is 0 Å². The van der Waals surface area contributed by atoms with E-state index in [-0.39, 0.29) is 0 Å². The van der Waals surface area contributed by atoms with Crippen molar-refractivity contribution < 1.29 is 0 Å². The molecule has 0 N–H and O–H groups in total. The van der Waals surface area contributed by atoms with E-state index in [2.05, 4.69) is 196 Å². The molecule has 0 heteroatoms. The van der Waals surface area contributed by atoms with Crippen molar-refractivity contribution in [1.82, 2.24) is 0 Å². The minimum Gasteiger partial charge on any atom is -0.0620 e. The minimum absolute atomic E-state index is 1.33. The van der Waals surface area contributed by atoms with Crippen molar-refractivity contribution in [2.75, 3.05) is 0 Å².